The van der Waals surface area contributed by atoms with Crippen molar-refractivity contribution in [3.8, 4) is 0 Å². The molecule has 0 aliphatic carbocycles. The number of nitrogens with zero attached hydrogens (tertiary/aromatic N) is 2. The lowest BCUT2D eigenvalue weighted by Gasteiger charge is -2.09. The number of benzene rings is 1. The number of hydrogen-bond donors (Lipinski definition) is 1. The highest BCUT2D eigenvalue weighted by atomic mass is 19.1. The molecule has 2 aromatic rings. The maximum absolute atomic E-state index is 13.1. The second kappa shape index (κ2) is 3.55. The van der Waals surface area contributed by atoms with E-state index in [4.69, 9.17) is 5.73 Å². The number of halogens is 1. The number of hydrogen-bond acceptors (Lipinski definition) is 3. The maximum Gasteiger partial charge on any atom is 0.126 e. The lowest BCUT2D eigenvalue weighted by Crippen LogP contribution is -2.10. The minimum atomic E-state index is -0.295. The first-order valence-electron chi connectivity index (χ1n) is 4.77. The van der Waals surface area contributed by atoms with Gasteiger partial charge < -0.3 is 5.73 Å². The lowest BCUT2D eigenvalue weighted by atomic mass is 10.1. The van der Waals surface area contributed by atoms with Crippen LogP contribution in [-0.2, 0) is 0 Å². The molecule has 2 N–H and O–H groups in total. The highest BCUT2D eigenvalue weighted by Gasteiger charge is 2.10. The summed E-state index contributed by atoms with van der Waals surface area (Å²) in [7, 11) is 0. The minimum Gasteiger partial charge on any atom is -0.323 e. The Morgan fingerprint density at radius 2 is 2.07 bits per heavy atom. The van der Waals surface area contributed by atoms with E-state index in [1.54, 1.807) is 13.0 Å². The Hall–Kier alpha value is -1.55. The zero-order valence-electron chi connectivity index (χ0n) is 8.66. The Morgan fingerprint density at radius 3 is 2.73 bits per heavy atom. The van der Waals surface area contributed by atoms with E-state index in [1.807, 2.05) is 6.92 Å². The molecule has 1 heterocycles. The van der Waals surface area contributed by atoms with Crippen molar-refractivity contribution in [2.45, 2.75) is 19.9 Å². The average molecular weight is 205 g/mol. The van der Waals surface area contributed by atoms with Gasteiger partial charge in [0.05, 0.1) is 11.2 Å². The molecule has 15 heavy (non-hydrogen) atoms. The first kappa shape index (κ1) is 9.98. The van der Waals surface area contributed by atoms with Crippen LogP contribution in [0.2, 0.25) is 0 Å². The van der Waals surface area contributed by atoms with E-state index >= 15 is 0 Å². The van der Waals surface area contributed by atoms with Gasteiger partial charge in [0, 0.05) is 11.4 Å². The van der Waals surface area contributed by atoms with Crippen molar-refractivity contribution < 1.29 is 4.39 Å². The molecule has 0 aliphatic heterocycles. The number of rotatable bonds is 1. The Balaban J connectivity index is 2.81. The summed E-state index contributed by atoms with van der Waals surface area (Å²) >= 11 is 0. The van der Waals surface area contributed by atoms with Crippen molar-refractivity contribution in [1.29, 1.82) is 0 Å². The molecular weight excluding hydrogens is 193 g/mol. The summed E-state index contributed by atoms with van der Waals surface area (Å²) in [6.45, 7) is 3.63. The summed E-state index contributed by atoms with van der Waals surface area (Å²) in [5, 5.41) is 0.690. The van der Waals surface area contributed by atoms with Gasteiger partial charge in [0.15, 0.2) is 0 Å². The zero-order valence-corrected chi connectivity index (χ0v) is 8.66. The Bertz CT molecular complexity index is 508. The lowest BCUT2D eigenvalue weighted by molar-refractivity contribution is 0.629. The predicted molar refractivity (Wildman–Crippen MR) is 56.8 cm³/mol. The van der Waals surface area contributed by atoms with Gasteiger partial charge in [-0.15, -0.1) is 0 Å². The van der Waals surface area contributed by atoms with Gasteiger partial charge in [-0.2, -0.15) is 0 Å². The molecule has 0 saturated carbocycles. The van der Waals surface area contributed by atoms with Crippen molar-refractivity contribution in [3.63, 3.8) is 0 Å². The second-order valence-electron chi connectivity index (χ2n) is 3.61. The minimum absolute atomic E-state index is 0.226. The van der Waals surface area contributed by atoms with Crippen molar-refractivity contribution in [3.05, 3.63) is 35.5 Å². The molecule has 0 radical (unpaired) electrons. The summed E-state index contributed by atoms with van der Waals surface area (Å²) in [5.74, 6) is 0.360. The largest absolute Gasteiger partial charge is 0.323 e. The van der Waals surface area contributed by atoms with Crippen LogP contribution < -0.4 is 5.73 Å². The van der Waals surface area contributed by atoms with Gasteiger partial charge in [-0.1, -0.05) is 0 Å². The number of nitrogens with two attached hydrogens (primary N) is 1. The van der Waals surface area contributed by atoms with Crippen LogP contribution in [-0.4, -0.2) is 9.97 Å². The number of aromatic nitrogens is 2. The third-order valence-corrected chi connectivity index (χ3v) is 2.23. The highest BCUT2D eigenvalue weighted by Crippen LogP contribution is 2.20. The number of aryl methyl sites for hydroxylation is 1. The Morgan fingerprint density at radius 1 is 1.33 bits per heavy atom. The fourth-order valence-corrected chi connectivity index (χ4v) is 1.59. The van der Waals surface area contributed by atoms with Gasteiger partial charge >= 0.3 is 0 Å². The molecule has 0 amide bonds. The van der Waals surface area contributed by atoms with E-state index in [2.05, 4.69) is 9.97 Å². The van der Waals surface area contributed by atoms with Crippen LogP contribution in [0.25, 0.3) is 10.9 Å². The molecule has 1 aromatic heterocycles. The van der Waals surface area contributed by atoms with E-state index in [0.29, 0.717) is 16.9 Å². The van der Waals surface area contributed by atoms with Crippen LogP contribution in [0.5, 0.6) is 0 Å². The Kier molecular flexibility index (Phi) is 2.36. The van der Waals surface area contributed by atoms with Crippen molar-refractivity contribution >= 4 is 10.9 Å². The molecule has 2 rings (SSSR count). The molecule has 0 aliphatic rings. The Labute approximate surface area is 87.2 Å². The monoisotopic (exact) mass is 205 g/mol. The van der Waals surface area contributed by atoms with Crippen molar-refractivity contribution in [2.24, 2.45) is 5.73 Å². The molecule has 1 aromatic carbocycles. The van der Waals surface area contributed by atoms with Gasteiger partial charge in [-0.05, 0) is 32.0 Å². The van der Waals surface area contributed by atoms with E-state index in [9.17, 15) is 4.39 Å². The molecule has 1 unspecified atom stereocenters. The topological polar surface area (TPSA) is 51.8 Å². The van der Waals surface area contributed by atoms with E-state index in [0.717, 1.165) is 5.52 Å². The molecule has 0 saturated heterocycles. The fourth-order valence-electron chi connectivity index (χ4n) is 1.59. The average Bonchev–Trinajstić information content (AvgIpc) is 2.17. The van der Waals surface area contributed by atoms with Crippen LogP contribution in [0.15, 0.2) is 18.2 Å². The van der Waals surface area contributed by atoms with Crippen molar-refractivity contribution in [1.82, 2.24) is 9.97 Å². The van der Waals surface area contributed by atoms with Gasteiger partial charge in [-0.3, -0.25) is 0 Å². The molecule has 3 nitrogen and oxygen atoms in total. The molecule has 1 atom stereocenters. The first-order chi connectivity index (χ1) is 7.08. The second-order valence-corrected chi connectivity index (χ2v) is 3.61. The van der Waals surface area contributed by atoms with Gasteiger partial charge in [0.25, 0.3) is 0 Å². The zero-order chi connectivity index (χ0) is 11.0. The van der Waals surface area contributed by atoms with Crippen LogP contribution in [0, 0.1) is 12.7 Å². The number of fused-ring (bicyclic) bond motifs is 1. The van der Waals surface area contributed by atoms with Gasteiger partial charge in [-0.25, -0.2) is 14.4 Å². The molecule has 4 heteroatoms. The molecule has 0 bridgehead atoms. The first-order valence-corrected chi connectivity index (χ1v) is 4.77. The smallest absolute Gasteiger partial charge is 0.126 e. The van der Waals surface area contributed by atoms with Crippen LogP contribution in [0.4, 0.5) is 4.39 Å². The summed E-state index contributed by atoms with van der Waals surface area (Å²) in [5.41, 5.74) is 7.21. The standard InChI is InChI=1S/C11H12FN3/c1-6(13)11-9-5-8(12)3-4-10(9)14-7(2)15-11/h3-6H,13H2,1-2H3. The normalized spacial score (nSPS) is 13.1. The molecular formula is C11H12FN3. The van der Waals surface area contributed by atoms with Gasteiger partial charge in [0.2, 0.25) is 0 Å². The maximum atomic E-state index is 13.1. The molecule has 78 valence electrons. The SMILES string of the molecule is Cc1nc(C(C)N)c2cc(F)ccc2n1. The third kappa shape index (κ3) is 1.80. The molecule has 0 fully saturated rings. The summed E-state index contributed by atoms with van der Waals surface area (Å²) < 4.78 is 13.1. The third-order valence-electron chi connectivity index (χ3n) is 2.23. The van der Waals surface area contributed by atoms with E-state index in [1.165, 1.54) is 12.1 Å². The summed E-state index contributed by atoms with van der Waals surface area (Å²) in [6.07, 6.45) is 0. The van der Waals surface area contributed by atoms with Gasteiger partial charge in [0.1, 0.15) is 11.6 Å². The van der Waals surface area contributed by atoms with Crippen LogP contribution in [0.3, 0.4) is 0 Å². The summed E-state index contributed by atoms with van der Waals surface area (Å²) in [4.78, 5) is 8.47. The van der Waals surface area contributed by atoms with Crippen LogP contribution in [0.1, 0.15) is 24.5 Å². The van der Waals surface area contributed by atoms with E-state index < -0.39 is 0 Å². The predicted octanol–water partition coefficient (Wildman–Crippen LogP) is 2.10. The highest BCUT2D eigenvalue weighted by molar-refractivity contribution is 5.81. The quantitative estimate of drug-likeness (QED) is 0.775. The van der Waals surface area contributed by atoms with E-state index in [-0.39, 0.29) is 11.9 Å². The van der Waals surface area contributed by atoms with Crippen LogP contribution >= 0.6 is 0 Å². The summed E-state index contributed by atoms with van der Waals surface area (Å²) in [6, 6.07) is 4.23. The van der Waals surface area contributed by atoms with Crippen molar-refractivity contribution in [2.75, 3.05) is 0 Å². The molecule has 0 spiro atoms. The fraction of sp³-hybridized carbons (Fsp3) is 0.273.